The van der Waals surface area contributed by atoms with E-state index in [1.807, 2.05) is 0 Å². The minimum absolute atomic E-state index is 0.368. The lowest BCUT2D eigenvalue weighted by Gasteiger charge is -2.03. The first-order valence-electron chi connectivity index (χ1n) is 3.30. The Bertz CT molecular complexity index is 123. The van der Waals surface area contributed by atoms with Gasteiger partial charge < -0.3 is 10.8 Å². The monoisotopic (exact) mass is 180 g/mol. The zero-order chi connectivity index (χ0) is 8.69. The Balaban J connectivity index is 3.17. The fourth-order valence-corrected chi connectivity index (χ4v) is 1.22. The van der Waals surface area contributed by atoms with Crippen molar-refractivity contribution in [3.63, 3.8) is 0 Å². The van der Waals surface area contributed by atoms with Gasteiger partial charge in [-0.1, -0.05) is 0 Å². The first-order chi connectivity index (χ1) is 5.18. The Kier molecular flexibility index (Phi) is 6.25. The van der Waals surface area contributed by atoms with Crippen molar-refractivity contribution < 1.29 is 14.3 Å². The van der Waals surface area contributed by atoms with Gasteiger partial charge in [0, 0.05) is 5.75 Å². The molecular formula is C6H12FNO2S. The van der Waals surface area contributed by atoms with Crippen LogP contribution in [0.3, 0.4) is 0 Å². The molecule has 0 radical (unpaired) electrons. The molecule has 11 heavy (non-hydrogen) atoms. The van der Waals surface area contributed by atoms with Gasteiger partial charge in [-0.15, -0.1) is 0 Å². The number of carbonyl (C=O) groups is 1. The predicted octanol–water partition coefficient (Wildman–Crippen LogP) is 0.491. The lowest BCUT2D eigenvalue weighted by Crippen LogP contribution is -2.30. The van der Waals surface area contributed by atoms with E-state index in [1.54, 1.807) is 0 Å². The van der Waals surface area contributed by atoms with Crippen LogP contribution in [0, 0.1) is 0 Å². The van der Waals surface area contributed by atoms with Crippen LogP contribution in [0.1, 0.15) is 6.42 Å². The van der Waals surface area contributed by atoms with Crippen LogP contribution in [0.25, 0.3) is 0 Å². The van der Waals surface area contributed by atoms with Crippen LogP contribution in [0.5, 0.6) is 0 Å². The summed E-state index contributed by atoms with van der Waals surface area (Å²) < 4.78 is 11.5. The van der Waals surface area contributed by atoms with Crippen molar-refractivity contribution in [2.75, 3.05) is 18.2 Å². The maximum atomic E-state index is 11.5. The summed E-state index contributed by atoms with van der Waals surface area (Å²) in [4.78, 5) is 10.2. The summed E-state index contributed by atoms with van der Waals surface area (Å²) in [6.07, 6.45) is 0.403. The summed E-state index contributed by atoms with van der Waals surface area (Å²) in [5, 5.41) is 8.33. The maximum Gasteiger partial charge on any atom is 0.320 e. The number of hydrogen-bond donors (Lipinski definition) is 2. The summed E-state index contributed by atoms with van der Waals surface area (Å²) in [5.74, 6) is 0.0369. The first kappa shape index (κ1) is 10.7. The fraction of sp³-hybridized carbons (Fsp3) is 0.833. The zero-order valence-electron chi connectivity index (χ0n) is 6.12. The molecule has 1 atom stereocenters. The van der Waals surface area contributed by atoms with E-state index in [0.717, 1.165) is 0 Å². The Morgan fingerprint density at radius 2 is 2.27 bits per heavy atom. The molecule has 5 heteroatoms. The van der Waals surface area contributed by atoms with Crippen LogP contribution < -0.4 is 5.73 Å². The van der Waals surface area contributed by atoms with Crippen LogP contribution in [0.15, 0.2) is 0 Å². The number of carboxylic acids is 1. The molecule has 0 aromatic carbocycles. The number of nitrogens with two attached hydrogens (primary N) is 1. The van der Waals surface area contributed by atoms with Crippen molar-refractivity contribution in [2.24, 2.45) is 5.73 Å². The molecule has 0 heterocycles. The molecule has 0 fully saturated rings. The van der Waals surface area contributed by atoms with Gasteiger partial charge in [0.1, 0.15) is 6.04 Å². The molecule has 3 N–H and O–H groups in total. The molecule has 66 valence electrons. The van der Waals surface area contributed by atoms with Crippen molar-refractivity contribution >= 4 is 17.7 Å². The number of halogens is 1. The summed E-state index contributed by atoms with van der Waals surface area (Å²) in [6.45, 7) is -0.368. The minimum Gasteiger partial charge on any atom is -0.480 e. The predicted molar refractivity (Wildman–Crippen MR) is 43.5 cm³/mol. The standard InChI is InChI=1S/C6H12FNO2S/c7-2-4-11-3-1-5(8)6(9)10/h5H,1-4,8H2,(H,9,10)/t5-/m0/s1/i7-1. The van der Waals surface area contributed by atoms with E-state index in [-0.39, 0.29) is 6.67 Å². The highest BCUT2D eigenvalue weighted by Crippen LogP contribution is 2.03. The van der Waals surface area contributed by atoms with E-state index in [2.05, 4.69) is 0 Å². The van der Waals surface area contributed by atoms with Crippen LogP contribution >= 0.6 is 11.8 Å². The third-order valence-corrected chi connectivity index (χ3v) is 2.08. The van der Waals surface area contributed by atoms with Gasteiger partial charge in [0.05, 0.1) is 6.67 Å². The van der Waals surface area contributed by atoms with Gasteiger partial charge in [0.2, 0.25) is 0 Å². The fourth-order valence-electron chi connectivity index (χ4n) is 0.490. The second kappa shape index (κ2) is 6.42. The Morgan fingerprint density at radius 1 is 1.64 bits per heavy atom. The van der Waals surface area contributed by atoms with E-state index in [4.69, 9.17) is 10.8 Å². The Labute approximate surface area is 69.1 Å². The second-order valence-electron chi connectivity index (χ2n) is 2.03. The van der Waals surface area contributed by atoms with E-state index < -0.39 is 12.0 Å². The third-order valence-electron chi connectivity index (χ3n) is 1.11. The minimum atomic E-state index is -0.995. The zero-order valence-corrected chi connectivity index (χ0v) is 6.94. The normalized spacial score (nSPS) is 12.9. The summed E-state index contributed by atoms with van der Waals surface area (Å²) in [7, 11) is 0. The third kappa shape index (κ3) is 6.12. The largest absolute Gasteiger partial charge is 0.480 e. The number of carboxylic acid groups (broad SMARTS) is 1. The van der Waals surface area contributed by atoms with Crippen molar-refractivity contribution in [3.05, 3.63) is 0 Å². The number of alkyl halides is 1. The molecule has 3 nitrogen and oxygen atoms in total. The van der Waals surface area contributed by atoms with Crippen molar-refractivity contribution in [3.8, 4) is 0 Å². The van der Waals surface area contributed by atoms with Gasteiger partial charge in [-0.25, -0.2) is 0 Å². The lowest BCUT2D eigenvalue weighted by molar-refractivity contribution is -0.138. The number of hydrogen-bond acceptors (Lipinski definition) is 3. The Hall–Kier alpha value is -0.290. The quantitative estimate of drug-likeness (QED) is 0.584. The van der Waals surface area contributed by atoms with Crippen LogP contribution in [0.4, 0.5) is 4.39 Å². The van der Waals surface area contributed by atoms with Gasteiger partial charge in [-0.3, -0.25) is 9.18 Å². The van der Waals surface area contributed by atoms with Gasteiger partial charge in [-0.2, -0.15) is 11.8 Å². The van der Waals surface area contributed by atoms with Gasteiger partial charge in [0.25, 0.3) is 0 Å². The molecule has 0 rings (SSSR count). The molecule has 0 amide bonds. The first-order valence-corrected chi connectivity index (χ1v) is 4.46. The van der Waals surface area contributed by atoms with Crippen LogP contribution in [-0.4, -0.2) is 35.3 Å². The average molecular weight is 180 g/mol. The smallest absolute Gasteiger partial charge is 0.320 e. The highest BCUT2D eigenvalue weighted by atomic mass is 32.2. The summed E-state index contributed by atoms with van der Waals surface area (Å²) in [6, 6.07) is -0.804. The molecule has 0 aliphatic heterocycles. The molecule has 0 aromatic heterocycles. The van der Waals surface area contributed by atoms with Crippen molar-refractivity contribution in [2.45, 2.75) is 12.5 Å². The van der Waals surface area contributed by atoms with Gasteiger partial charge >= 0.3 is 5.97 Å². The maximum absolute atomic E-state index is 11.5. The molecule has 0 bridgehead atoms. The van der Waals surface area contributed by atoms with Crippen molar-refractivity contribution in [1.82, 2.24) is 0 Å². The molecule has 0 spiro atoms. The molecule has 0 aliphatic carbocycles. The average Bonchev–Trinajstić information content (AvgIpc) is 1.97. The molecule has 0 saturated carbocycles. The van der Waals surface area contributed by atoms with Crippen LogP contribution in [0.2, 0.25) is 0 Å². The highest BCUT2D eigenvalue weighted by Gasteiger charge is 2.09. The SMILES string of the molecule is N[C@@H](CCSCC[18F])C(=O)O. The number of thioether (sulfide) groups is 1. The van der Waals surface area contributed by atoms with Gasteiger partial charge in [0.15, 0.2) is 0 Å². The molecule has 0 saturated heterocycles. The van der Waals surface area contributed by atoms with E-state index in [9.17, 15) is 9.18 Å². The molecular weight excluding hydrogens is 168 g/mol. The topological polar surface area (TPSA) is 63.3 Å². The summed E-state index contributed by atoms with van der Waals surface area (Å²) >= 11 is 1.38. The Morgan fingerprint density at radius 3 is 2.73 bits per heavy atom. The van der Waals surface area contributed by atoms with Crippen molar-refractivity contribution in [1.29, 1.82) is 0 Å². The molecule has 0 unspecified atom stereocenters. The second-order valence-corrected chi connectivity index (χ2v) is 3.26. The van der Waals surface area contributed by atoms with E-state index in [0.29, 0.717) is 17.9 Å². The van der Waals surface area contributed by atoms with E-state index >= 15 is 0 Å². The van der Waals surface area contributed by atoms with Crippen LogP contribution in [-0.2, 0) is 4.79 Å². The summed E-state index contributed by atoms with van der Waals surface area (Å²) in [5.41, 5.74) is 5.19. The lowest BCUT2D eigenvalue weighted by atomic mass is 10.2. The molecule has 0 aliphatic rings. The number of rotatable bonds is 6. The highest BCUT2D eigenvalue weighted by molar-refractivity contribution is 7.99. The van der Waals surface area contributed by atoms with E-state index in [1.165, 1.54) is 11.8 Å². The molecule has 0 aromatic rings. The number of aliphatic carboxylic acids is 1. The van der Waals surface area contributed by atoms with Gasteiger partial charge in [-0.05, 0) is 12.2 Å².